The standard InChI is InChI=1S/C10H15N3O2.ClH/c1-15-10(14)8-6-12-9-4-7(5-11)2-3-13(8)9;/h6-7H,2-5,11H2,1H3;1H. The van der Waals surface area contributed by atoms with E-state index in [0.717, 1.165) is 25.2 Å². The van der Waals surface area contributed by atoms with E-state index in [0.29, 0.717) is 18.2 Å². The first-order chi connectivity index (χ1) is 7.26. The van der Waals surface area contributed by atoms with E-state index >= 15 is 0 Å². The van der Waals surface area contributed by atoms with Crippen LogP contribution in [-0.4, -0.2) is 29.2 Å². The third kappa shape index (κ3) is 2.20. The van der Waals surface area contributed by atoms with Crippen molar-refractivity contribution in [1.29, 1.82) is 0 Å². The SMILES string of the molecule is COC(=O)c1cnc2n1CCC(CN)C2.Cl. The highest BCUT2D eigenvalue weighted by molar-refractivity contribution is 5.87. The average Bonchev–Trinajstić information content (AvgIpc) is 2.70. The molecule has 2 rings (SSSR count). The lowest BCUT2D eigenvalue weighted by Crippen LogP contribution is -2.27. The molecule has 0 bridgehead atoms. The van der Waals surface area contributed by atoms with Crippen LogP contribution in [0, 0.1) is 5.92 Å². The summed E-state index contributed by atoms with van der Waals surface area (Å²) in [5, 5.41) is 0. The molecule has 0 aliphatic carbocycles. The molecule has 6 heteroatoms. The third-order valence-corrected chi connectivity index (χ3v) is 2.90. The normalized spacial score (nSPS) is 18.5. The van der Waals surface area contributed by atoms with Gasteiger partial charge in [-0.3, -0.25) is 0 Å². The first-order valence-electron chi connectivity index (χ1n) is 5.09. The molecule has 1 atom stereocenters. The number of imidazole rings is 1. The smallest absolute Gasteiger partial charge is 0.356 e. The molecular formula is C10H16ClN3O2. The van der Waals surface area contributed by atoms with Crippen molar-refractivity contribution in [3.05, 3.63) is 17.7 Å². The summed E-state index contributed by atoms with van der Waals surface area (Å²) in [6.07, 6.45) is 3.44. The minimum absolute atomic E-state index is 0. The number of ether oxygens (including phenoxy) is 1. The zero-order chi connectivity index (χ0) is 10.8. The molecule has 1 aliphatic heterocycles. The van der Waals surface area contributed by atoms with Crippen molar-refractivity contribution < 1.29 is 9.53 Å². The number of hydrogen-bond acceptors (Lipinski definition) is 4. The van der Waals surface area contributed by atoms with Gasteiger partial charge in [0, 0.05) is 13.0 Å². The summed E-state index contributed by atoms with van der Waals surface area (Å²) in [7, 11) is 1.38. The van der Waals surface area contributed by atoms with Crippen LogP contribution in [0.2, 0.25) is 0 Å². The molecule has 0 spiro atoms. The van der Waals surface area contributed by atoms with Crippen molar-refractivity contribution in [3.63, 3.8) is 0 Å². The van der Waals surface area contributed by atoms with Crippen LogP contribution in [0.5, 0.6) is 0 Å². The minimum Gasteiger partial charge on any atom is -0.464 e. The lowest BCUT2D eigenvalue weighted by molar-refractivity contribution is 0.0586. The summed E-state index contributed by atoms with van der Waals surface area (Å²) in [6, 6.07) is 0. The molecule has 16 heavy (non-hydrogen) atoms. The number of nitrogens with two attached hydrogens (primary N) is 1. The fourth-order valence-electron chi connectivity index (χ4n) is 1.97. The predicted octanol–water partition coefficient (Wildman–Crippen LogP) is 0.613. The molecule has 1 aromatic rings. The van der Waals surface area contributed by atoms with Crippen molar-refractivity contribution in [3.8, 4) is 0 Å². The Bertz CT molecular complexity index is 378. The number of esters is 1. The van der Waals surface area contributed by atoms with Gasteiger partial charge in [-0.1, -0.05) is 0 Å². The van der Waals surface area contributed by atoms with Crippen molar-refractivity contribution in [2.45, 2.75) is 19.4 Å². The Hall–Kier alpha value is -1.07. The molecule has 1 unspecified atom stereocenters. The van der Waals surface area contributed by atoms with Crippen LogP contribution >= 0.6 is 12.4 Å². The fourth-order valence-corrected chi connectivity index (χ4v) is 1.97. The average molecular weight is 246 g/mol. The molecule has 5 nitrogen and oxygen atoms in total. The first-order valence-corrected chi connectivity index (χ1v) is 5.09. The van der Waals surface area contributed by atoms with Crippen LogP contribution in [0.25, 0.3) is 0 Å². The number of rotatable bonds is 2. The highest BCUT2D eigenvalue weighted by Gasteiger charge is 2.23. The Morgan fingerprint density at radius 3 is 3.12 bits per heavy atom. The Labute approximate surface area is 100 Å². The van der Waals surface area contributed by atoms with Crippen LogP contribution in [-0.2, 0) is 17.7 Å². The largest absolute Gasteiger partial charge is 0.464 e. The van der Waals surface area contributed by atoms with Gasteiger partial charge in [-0.2, -0.15) is 0 Å². The Kier molecular flexibility index (Phi) is 4.32. The van der Waals surface area contributed by atoms with Gasteiger partial charge < -0.3 is 15.0 Å². The van der Waals surface area contributed by atoms with Gasteiger partial charge in [0.25, 0.3) is 0 Å². The Morgan fingerprint density at radius 1 is 1.75 bits per heavy atom. The number of carbonyl (C=O) groups is 1. The number of hydrogen-bond donors (Lipinski definition) is 1. The second-order valence-corrected chi connectivity index (χ2v) is 3.80. The van der Waals surface area contributed by atoms with Gasteiger partial charge in [0.05, 0.1) is 13.3 Å². The van der Waals surface area contributed by atoms with E-state index < -0.39 is 0 Å². The Morgan fingerprint density at radius 2 is 2.50 bits per heavy atom. The van der Waals surface area contributed by atoms with Gasteiger partial charge in [0.1, 0.15) is 11.5 Å². The lowest BCUT2D eigenvalue weighted by Gasteiger charge is -2.22. The molecule has 1 aliphatic rings. The summed E-state index contributed by atoms with van der Waals surface area (Å²) in [5.41, 5.74) is 6.17. The van der Waals surface area contributed by atoms with E-state index in [1.165, 1.54) is 7.11 Å². The van der Waals surface area contributed by atoms with Crippen molar-refractivity contribution in [2.75, 3.05) is 13.7 Å². The second kappa shape index (κ2) is 5.32. The molecule has 0 saturated carbocycles. The van der Waals surface area contributed by atoms with E-state index in [2.05, 4.69) is 9.72 Å². The summed E-state index contributed by atoms with van der Waals surface area (Å²) >= 11 is 0. The summed E-state index contributed by atoms with van der Waals surface area (Å²) in [6.45, 7) is 1.49. The monoisotopic (exact) mass is 245 g/mol. The second-order valence-electron chi connectivity index (χ2n) is 3.80. The maximum atomic E-state index is 11.4. The van der Waals surface area contributed by atoms with Gasteiger partial charge in [0.15, 0.2) is 0 Å². The number of aromatic nitrogens is 2. The lowest BCUT2D eigenvalue weighted by atomic mass is 9.98. The maximum absolute atomic E-state index is 11.4. The quantitative estimate of drug-likeness (QED) is 0.776. The molecule has 1 aromatic heterocycles. The van der Waals surface area contributed by atoms with E-state index in [1.54, 1.807) is 6.20 Å². The van der Waals surface area contributed by atoms with Crippen LogP contribution < -0.4 is 5.73 Å². The third-order valence-electron chi connectivity index (χ3n) is 2.90. The number of carbonyl (C=O) groups excluding carboxylic acids is 1. The molecule has 2 heterocycles. The zero-order valence-corrected chi connectivity index (χ0v) is 10.00. The number of nitrogens with zero attached hydrogens (tertiary/aromatic N) is 2. The highest BCUT2D eigenvalue weighted by atomic mass is 35.5. The molecule has 0 radical (unpaired) electrons. The first kappa shape index (κ1) is 13.0. The van der Waals surface area contributed by atoms with Crippen LogP contribution in [0.4, 0.5) is 0 Å². The number of fused-ring (bicyclic) bond motifs is 1. The van der Waals surface area contributed by atoms with Crippen molar-refractivity contribution in [2.24, 2.45) is 11.7 Å². The van der Waals surface area contributed by atoms with Gasteiger partial charge in [-0.15, -0.1) is 12.4 Å². The maximum Gasteiger partial charge on any atom is 0.356 e. The topological polar surface area (TPSA) is 70.1 Å². The van der Waals surface area contributed by atoms with E-state index in [4.69, 9.17) is 5.73 Å². The number of halogens is 1. The van der Waals surface area contributed by atoms with Crippen molar-refractivity contribution >= 4 is 18.4 Å². The summed E-state index contributed by atoms with van der Waals surface area (Å²) in [5.74, 6) is 1.11. The van der Waals surface area contributed by atoms with Gasteiger partial charge >= 0.3 is 5.97 Å². The van der Waals surface area contributed by atoms with E-state index in [-0.39, 0.29) is 18.4 Å². The summed E-state index contributed by atoms with van der Waals surface area (Å²) in [4.78, 5) is 15.6. The van der Waals surface area contributed by atoms with Gasteiger partial charge in [-0.25, -0.2) is 9.78 Å². The molecule has 0 aromatic carbocycles. The van der Waals surface area contributed by atoms with E-state index in [1.807, 2.05) is 4.57 Å². The van der Waals surface area contributed by atoms with E-state index in [9.17, 15) is 4.79 Å². The molecule has 0 fully saturated rings. The summed E-state index contributed by atoms with van der Waals surface area (Å²) < 4.78 is 6.62. The zero-order valence-electron chi connectivity index (χ0n) is 9.18. The van der Waals surface area contributed by atoms with Crippen LogP contribution in [0.3, 0.4) is 0 Å². The number of methoxy groups -OCH3 is 1. The predicted molar refractivity (Wildman–Crippen MR) is 61.7 cm³/mol. The van der Waals surface area contributed by atoms with Gasteiger partial charge in [0.2, 0.25) is 0 Å². The van der Waals surface area contributed by atoms with Crippen LogP contribution in [0.1, 0.15) is 22.7 Å². The fraction of sp³-hybridized carbons (Fsp3) is 0.600. The molecule has 90 valence electrons. The highest BCUT2D eigenvalue weighted by Crippen LogP contribution is 2.20. The minimum atomic E-state index is -0.319. The molecular weight excluding hydrogens is 230 g/mol. The molecule has 0 amide bonds. The van der Waals surface area contributed by atoms with Crippen molar-refractivity contribution in [1.82, 2.24) is 9.55 Å². The molecule has 0 saturated heterocycles. The van der Waals surface area contributed by atoms with Crippen LogP contribution in [0.15, 0.2) is 6.20 Å². The molecule has 2 N–H and O–H groups in total. The Balaban J connectivity index is 0.00000128. The van der Waals surface area contributed by atoms with Gasteiger partial charge in [-0.05, 0) is 18.9 Å².